The van der Waals surface area contributed by atoms with E-state index in [9.17, 15) is 0 Å². The molecule has 0 saturated heterocycles. The number of rotatable bonds is 1. The fraction of sp³-hybridized carbons (Fsp3) is 0.222. The zero-order valence-corrected chi connectivity index (χ0v) is 7.09. The first-order chi connectivity index (χ1) is 5.83. The summed E-state index contributed by atoms with van der Waals surface area (Å²) >= 11 is 0. The van der Waals surface area contributed by atoms with E-state index in [-0.39, 0.29) is 0 Å². The molecule has 62 valence electrons. The minimum Gasteiger partial charge on any atom is -0.496 e. The molecule has 0 saturated carbocycles. The van der Waals surface area contributed by atoms with Crippen molar-refractivity contribution in [1.29, 1.82) is 0 Å². The summed E-state index contributed by atoms with van der Waals surface area (Å²) in [5, 5.41) is 1.04. The van der Waals surface area contributed by atoms with Crippen LogP contribution in [0.2, 0.25) is 0 Å². The number of aromatic nitrogens is 2. The van der Waals surface area contributed by atoms with Gasteiger partial charge in [0.05, 0.1) is 12.5 Å². The molecule has 0 aliphatic carbocycles. The Hall–Kier alpha value is -1.51. The maximum Gasteiger partial charge on any atom is 0.140 e. The molecule has 0 spiro atoms. The third kappa shape index (κ3) is 0.863. The average molecular weight is 162 g/mol. The highest BCUT2D eigenvalue weighted by Gasteiger charge is 2.05. The highest BCUT2D eigenvalue weighted by Crippen LogP contribution is 2.26. The standard InChI is InChI=1S/C9H10N2O/c1-6-5-11-9-7(3-4-10-9)8(6)12-2/h3-5H,1-2H3,(H,10,11). The van der Waals surface area contributed by atoms with Crippen LogP contribution in [0.3, 0.4) is 0 Å². The third-order valence-electron chi connectivity index (χ3n) is 1.92. The Kier molecular flexibility index (Phi) is 1.50. The van der Waals surface area contributed by atoms with Gasteiger partial charge in [0.15, 0.2) is 0 Å². The maximum atomic E-state index is 5.26. The molecule has 0 aliphatic rings. The summed E-state index contributed by atoms with van der Waals surface area (Å²) in [7, 11) is 1.68. The summed E-state index contributed by atoms with van der Waals surface area (Å²) in [4.78, 5) is 7.24. The first kappa shape index (κ1) is 7.16. The smallest absolute Gasteiger partial charge is 0.140 e. The summed E-state index contributed by atoms with van der Waals surface area (Å²) in [6, 6.07) is 1.97. The molecule has 0 atom stereocenters. The Labute approximate surface area is 70.4 Å². The topological polar surface area (TPSA) is 37.9 Å². The fourth-order valence-electron chi connectivity index (χ4n) is 1.35. The number of H-pyrrole nitrogens is 1. The fourth-order valence-corrected chi connectivity index (χ4v) is 1.35. The average Bonchev–Trinajstić information content (AvgIpc) is 2.52. The molecule has 0 aliphatic heterocycles. The number of pyridine rings is 1. The Bertz CT molecular complexity index is 406. The lowest BCUT2D eigenvalue weighted by molar-refractivity contribution is 0.416. The molecule has 2 aromatic rings. The van der Waals surface area contributed by atoms with Crippen molar-refractivity contribution in [1.82, 2.24) is 9.97 Å². The van der Waals surface area contributed by atoms with Crippen LogP contribution in [0.25, 0.3) is 11.0 Å². The van der Waals surface area contributed by atoms with Gasteiger partial charge in [0.25, 0.3) is 0 Å². The van der Waals surface area contributed by atoms with Crippen LogP contribution in [0.1, 0.15) is 5.56 Å². The van der Waals surface area contributed by atoms with Crippen molar-refractivity contribution in [3.8, 4) is 5.75 Å². The van der Waals surface area contributed by atoms with E-state index in [2.05, 4.69) is 9.97 Å². The monoisotopic (exact) mass is 162 g/mol. The van der Waals surface area contributed by atoms with E-state index in [0.717, 1.165) is 22.3 Å². The van der Waals surface area contributed by atoms with Crippen LogP contribution in [0.5, 0.6) is 5.75 Å². The largest absolute Gasteiger partial charge is 0.496 e. The van der Waals surface area contributed by atoms with E-state index in [0.29, 0.717) is 0 Å². The molecule has 12 heavy (non-hydrogen) atoms. The van der Waals surface area contributed by atoms with Crippen LogP contribution in [-0.4, -0.2) is 17.1 Å². The van der Waals surface area contributed by atoms with Gasteiger partial charge in [-0.15, -0.1) is 0 Å². The van der Waals surface area contributed by atoms with Gasteiger partial charge in [-0.05, 0) is 13.0 Å². The first-order valence-electron chi connectivity index (χ1n) is 3.79. The van der Waals surface area contributed by atoms with Crippen molar-refractivity contribution in [2.45, 2.75) is 6.92 Å². The van der Waals surface area contributed by atoms with Crippen LogP contribution in [0, 0.1) is 6.92 Å². The number of fused-ring (bicyclic) bond motifs is 1. The molecule has 2 heterocycles. The number of nitrogens with zero attached hydrogens (tertiary/aromatic N) is 1. The van der Waals surface area contributed by atoms with Gasteiger partial charge in [-0.3, -0.25) is 0 Å². The normalized spacial score (nSPS) is 10.5. The molecule has 1 N–H and O–H groups in total. The van der Waals surface area contributed by atoms with E-state index >= 15 is 0 Å². The lowest BCUT2D eigenvalue weighted by Gasteiger charge is -2.03. The van der Waals surface area contributed by atoms with E-state index in [1.165, 1.54) is 0 Å². The first-order valence-corrected chi connectivity index (χ1v) is 3.79. The molecule has 3 nitrogen and oxygen atoms in total. The highest BCUT2D eigenvalue weighted by molar-refractivity contribution is 5.83. The van der Waals surface area contributed by atoms with Crippen molar-refractivity contribution in [2.75, 3.05) is 7.11 Å². The minimum absolute atomic E-state index is 0.873. The van der Waals surface area contributed by atoms with Gasteiger partial charge >= 0.3 is 0 Å². The number of nitrogens with one attached hydrogen (secondary N) is 1. The van der Waals surface area contributed by atoms with Crippen molar-refractivity contribution in [3.63, 3.8) is 0 Å². The minimum atomic E-state index is 0.873. The van der Waals surface area contributed by atoms with Crippen molar-refractivity contribution in [2.24, 2.45) is 0 Å². The van der Waals surface area contributed by atoms with Gasteiger partial charge in [0.1, 0.15) is 11.4 Å². The van der Waals surface area contributed by atoms with Crippen LogP contribution in [0.15, 0.2) is 18.5 Å². The van der Waals surface area contributed by atoms with Gasteiger partial charge in [-0.1, -0.05) is 0 Å². The molecular weight excluding hydrogens is 152 g/mol. The third-order valence-corrected chi connectivity index (χ3v) is 1.92. The Balaban J connectivity index is 2.83. The predicted molar refractivity (Wildman–Crippen MR) is 47.4 cm³/mol. The number of ether oxygens (including phenoxy) is 1. The predicted octanol–water partition coefficient (Wildman–Crippen LogP) is 1.88. The van der Waals surface area contributed by atoms with Gasteiger partial charge in [-0.25, -0.2) is 4.98 Å². The SMILES string of the molecule is COc1c(C)cnc2[nH]ccc12. The number of methoxy groups -OCH3 is 1. The molecule has 3 heteroatoms. The zero-order chi connectivity index (χ0) is 8.55. The van der Waals surface area contributed by atoms with Gasteiger partial charge in [0, 0.05) is 18.0 Å². The van der Waals surface area contributed by atoms with E-state index in [1.807, 2.05) is 19.2 Å². The molecule has 2 rings (SSSR count). The number of hydrogen-bond donors (Lipinski definition) is 1. The Morgan fingerprint density at radius 1 is 1.50 bits per heavy atom. The molecular formula is C9H10N2O. The van der Waals surface area contributed by atoms with Gasteiger partial charge in [0.2, 0.25) is 0 Å². The number of aromatic amines is 1. The zero-order valence-electron chi connectivity index (χ0n) is 7.09. The van der Waals surface area contributed by atoms with Crippen LogP contribution >= 0.6 is 0 Å². The second kappa shape index (κ2) is 2.52. The summed E-state index contributed by atoms with van der Waals surface area (Å²) < 4.78 is 5.26. The quantitative estimate of drug-likeness (QED) is 0.695. The second-order valence-corrected chi connectivity index (χ2v) is 2.71. The Morgan fingerprint density at radius 3 is 3.08 bits per heavy atom. The molecule has 0 bridgehead atoms. The van der Waals surface area contributed by atoms with E-state index < -0.39 is 0 Å². The second-order valence-electron chi connectivity index (χ2n) is 2.71. The number of hydrogen-bond acceptors (Lipinski definition) is 2. The highest BCUT2D eigenvalue weighted by atomic mass is 16.5. The van der Waals surface area contributed by atoms with Crippen molar-refractivity contribution >= 4 is 11.0 Å². The molecule has 0 amide bonds. The summed E-state index contributed by atoms with van der Waals surface area (Å²) in [6.07, 6.45) is 3.66. The van der Waals surface area contributed by atoms with Gasteiger partial charge < -0.3 is 9.72 Å². The van der Waals surface area contributed by atoms with Gasteiger partial charge in [-0.2, -0.15) is 0 Å². The van der Waals surface area contributed by atoms with Crippen molar-refractivity contribution in [3.05, 3.63) is 24.0 Å². The van der Waals surface area contributed by atoms with Crippen LogP contribution in [-0.2, 0) is 0 Å². The van der Waals surface area contributed by atoms with Crippen molar-refractivity contribution < 1.29 is 4.74 Å². The lowest BCUT2D eigenvalue weighted by Crippen LogP contribution is -1.89. The maximum absolute atomic E-state index is 5.26. The molecule has 0 radical (unpaired) electrons. The van der Waals surface area contributed by atoms with Crippen LogP contribution in [0.4, 0.5) is 0 Å². The number of aryl methyl sites for hydroxylation is 1. The van der Waals surface area contributed by atoms with E-state index in [1.54, 1.807) is 13.3 Å². The molecule has 0 fully saturated rings. The van der Waals surface area contributed by atoms with Crippen LogP contribution < -0.4 is 4.74 Å². The summed E-state index contributed by atoms with van der Waals surface area (Å²) in [6.45, 7) is 1.98. The molecule has 0 aromatic carbocycles. The molecule has 2 aromatic heterocycles. The lowest BCUT2D eigenvalue weighted by atomic mass is 10.2. The molecule has 0 unspecified atom stereocenters. The van der Waals surface area contributed by atoms with E-state index in [4.69, 9.17) is 4.74 Å². The Morgan fingerprint density at radius 2 is 2.33 bits per heavy atom. The summed E-state index contributed by atoms with van der Waals surface area (Å²) in [5.74, 6) is 0.904. The summed E-state index contributed by atoms with van der Waals surface area (Å²) in [5.41, 5.74) is 1.93.